The summed E-state index contributed by atoms with van der Waals surface area (Å²) in [6.07, 6.45) is -3.14. The van der Waals surface area contributed by atoms with E-state index in [2.05, 4.69) is 0 Å². The molecule has 0 fully saturated rings. The van der Waals surface area contributed by atoms with E-state index >= 15 is 0 Å². The SMILES string of the molecule is CCN([C-]=O)CC(F)(F)F.[Na+]. The number of hydrogen-bond donors (Lipinski definition) is 0. The van der Waals surface area contributed by atoms with Crippen molar-refractivity contribution < 1.29 is 47.5 Å². The number of amides is 1. The van der Waals surface area contributed by atoms with Gasteiger partial charge < -0.3 is 9.69 Å². The first-order valence-corrected chi connectivity index (χ1v) is 2.69. The van der Waals surface area contributed by atoms with Crippen molar-refractivity contribution in [2.24, 2.45) is 0 Å². The van der Waals surface area contributed by atoms with Crippen molar-refractivity contribution in [2.45, 2.75) is 13.1 Å². The fourth-order valence-corrected chi connectivity index (χ4v) is 0.425. The molecular formula is C5H7F3NNaO. The first kappa shape index (κ1) is 13.8. The summed E-state index contributed by atoms with van der Waals surface area (Å²) in [6.45, 7) is 0.270. The summed E-state index contributed by atoms with van der Waals surface area (Å²) in [5, 5.41) is 0. The van der Waals surface area contributed by atoms with Crippen molar-refractivity contribution in [1.82, 2.24) is 4.90 Å². The standard InChI is InChI=1S/C5H7F3NO.Na/c1-2-9(4-10)3-5(6,7)8;/h2-3H2,1H3;/q-1;+1. The molecule has 0 aliphatic carbocycles. The Morgan fingerprint density at radius 2 is 1.91 bits per heavy atom. The maximum atomic E-state index is 11.5. The third-order valence-electron chi connectivity index (χ3n) is 0.881. The van der Waals surface area contributed by atoms with Crippen LogP contribution in [-0.2, 0) is 4.79 Å². The van der Waals surface area contributed by atoms with Crippen molar-refractivity contribution in [1.29, 1.82) is 0 Å². The van der Waals surface area contributed by atoms with Gasteiger partial charge in [0.2, 0.25) is 0 Å². The molecule has 0 aromatic carbocycles. The number of carbonyl (C=O) groups excluding carboxylic acids is 1. The van der Waals surface area contributed by atoms with E-state index in [1.807, 2.05) is 0 Å². The van der Waals surface area contributed by atoms with E-state index in [-0.39, 0.29) is 36.1 Å². The van der Waals surface area contributed by atoms with Gasteiger partial charge in [0.15, 0.2) is 0 Å². The van der Waals surface area contributed by atoms with E-state index in [1.54, 1.807) is 0 Å². The van der Waals surface area contributed by atoms with E-state index in [4.69, 9.17) is 0 Å². The van der Waals surface area contributed by atoms with Gasteiger partial charge >= 0.3 is 35.7 Å². The molecule has 11 heavy (non-hydrogen) atoms. The van der Waals surface area contributed by atoms with E-state index in [9.17, 15) is 18.0 Å². The minimum absolute atomic E-state index is 0. The summed E-state index contributed by atoms with van der Waals surface area (Å²) in [6, 6.07) is 0. The molecule has 0 aliphatic rings. The maximum Gasteiger partial charge on any atom is 1.00 e. The maximum absolute atomic E-state index is 11.5. The second kappa shape index (κ2) is 5.85. The van der Waals surface area contributed by atoms with E-state index < -0.39 is 12.7 Å². The van der Waals surface area contributed by atoms with Crippen LogP contribution in [-0.4, -0.2) is 30.6 Å². The second-order valence-corrected chi connectivity index (χ2v) is 1.72. The Morgan fingerprint density at radius 3 is 2.00 bits per heavy atom. The zero-order valence-corrected chi connectivity index (χ0v) is 8.40. The predicted molar refractivity (Wildman–Crippen MR) is 29.0 cm³/mol. The molecule has 0 atom stereocenters. The summed E-state index contributed by atoms with van der Waals surface area (Å²) >= 11 is 0. The Bertz CT molecular complexity index is 117. The summed E-state index contributed by atoms with van der Waals surface area (Å²) in [4.78, 5) is 10.2. The van der Waals surface area contributed by atoms with E-state index in [1.165, 1.54) is 13.3 Å². The molecular weight excluding hydrogens is 170 g/mol. The van der Waals surface area contributed by atoms with Gasteiger partial charge in [-0.3, -0.25) is 0 Å². The van der Waals surface area contributed by atoms with Crippen LogP contribution in [0.4, 0.5) is 13.2 Å². The Kier molecular flexibility index (Phi) is 7.36. The van der Waals surface area contributed by atoms with Crippen molar-refractivity contribution in [3.63, 3.8) is 0 Å². The predicted octanol–water partition coefficient (Wildman–Crippen LogP) is -2.06. The molecule has 6 heteroatoms. The number of halogens is 3. The molecule has 2 nitrogen and oxygen atoms in total. The number of hydrogen-bond acceptors (Lipinski definition) is 1. The molecule has 1 amide bonds. The van der Waals surface area contributed by atoms with Crippen LogP contribution in [0.5, 0.6) is 0 Å². The average Bonchev–Trinajstić information content (AvgIpc) is 1.81. The van der Waals surface area contributed by atoms with Crippen LogP contribution in [0.3, 0.4) is 0 Å². The average molecular weight is 177 g/mol. The van der Waals surface area contributed by atoms with Crippen LogP contribution in [0.1, 0.15) is 6.92 Å². The molecule has 0 rings (SSSR count). The third-order valence-corrected chi connectivity index (χ3v) is 0.881. The number of alkyl halides is 3. The second-order valence-electron chi connectivity index (χ2n) is 1.72. The van der Waals surface area contributed by atoms with E-state index in [0.29, 0.717) is 4.90 Å². The Hall–Kier alpha value is 0.260. The summed E-state index contributed by atoms with van der Waals surface area (Å²) < 4.78 is 34.4. The van der Waals surface area contributed by atoms with Gasteiger partial charge in [-0.2, -0.15) is 19.6 Å². The topological polar surface area (TPSA) is 20.3 Å². The van der Waals surface area contributed by atoms with Crippen molar-refractivity contribution in [3.05, 3.63) is 0 Å². The molecule has 0 saturated heterocycles. The molecule has 0 aromatic heterocycles. The molecule has 0 radical (unpaired) electrons. The van der Waals surface area contributed by atoms with Crippen molar-refractivity contribution in [2.75, 3.05) is 13.1 Å². The Labute approximate surface area is 85.0 Å². The monoisotopic (exact) mass is 177 g/mol. The number of nitrogens with zero attached hydrogens (tertiary/aromatic N) is 1. The minimum atomic E-state index is -4.31. The first-order valence-electron chi connectivity index (χ1n) is 2.69. The van der Waals surface area contributed by atoms with Crippen LogP contribution in [0.2, 0.25) is 0 Å². The summed E-state index contributed by atoms with van der Waals surface area (Å²) in [5.41, 5.74) is 0. The molecule has 0 unspecified atom stereocenters. The van der Waals surface area contributed by atoms with Crippen molar-refractivity contribution >= 4 is 6.41 Å². The van der Waals surface area contributed by atoms with Gasteiger partial charge in [0, 0.05) is 0 Å². The van der Waals surface area contributed by atoms with Crippen LogP contribution >= 0.6 is 0 Å². The Morgan fingerprint density at radius 1 is 1.45 bits per heavy atom. The van der Waals surface area contributed by atoms with Crippen LogP contribution in [0.15, 0.2) is 0 Å². The van der Waals surface area contributed by atoms with Crippen LogP contribution in [0.25, 0.3) is 0 Å². The molecule has 0 saturated carbocycles. The van der Waals surface area contributed by atoms with Gasteiger partial charge in [-0.15, -0.1) is 0 Å². The normalized spacial score (nSPS) is 10.2. The van der Waals surface area contributed by atoms with Gasteiger partial charge in [0.25, 0.3) is 0 Å². The first-order chi connectivity index (χ1) is 4.49. The molecule has 0 aromatic rings. The summed E-state index contributed by atoms with van der Waals surface area (Å²) in [7, 11) is 0. The van der Waals surface area contributed by atoms with Crippen LogP contribution < -0.4 is 29.6 Å². The van der Waals surface area contributed by atoms with Gasteiger partial charge in [0.05, 0.1) is 6.54 Å². The van der Waals surface area contributed by atoms with Gasteiger partial charge in [-0.1, -0.05) is 6.92 Å². The third kappa shape index (κ3) is 8.16. The molecule has 0 spiro atoms. The van der Waals surface area contributed by atoms with Gasteiger partial charge in [-0.25, -0.2) is 0 Å². The number of rotatable bonds is 3. The Balaban J connectivity index is 0. The fraction of sp³-hybridized carbons (Fsp3) is 0.800. The zero-order chi connectivity index (χ0) is 8.20. The van der Waals surface area contributed by atoms with Crippen LogP contribution in [0, 0.1) is 0 Å². The zero-order valence-electron chi connectivity index (χ0n) is 6.40. The largest absolute Gasteiger partial charge is 1.00 e. The van der Waals surface area contributed by atoms with Crippen molar-refractivity contribution in [3.8, 4) is 0 Å². The smallest absolute Gasteiger partial charge is 0.520 e. The minimum Gasteiger partial charge on any atom is -0.520 e. The fourth-order valence-electron chi connectivity index (χ4n) is 0.425. The molecule has 60 valence electrons. The van der Waals surface area contributed by atoms with E-state index in [0.717, 1.165) is 0 Å². The van der Waals surface area contributed by atoms with Gasteiger partial charge in [0.1, 0.15) is 0 Å². The van der Waals surface area contributed by atoms with Gasteiger partial charge in [-0.05, 0) is 6.54 Å². The molecule has 0 bridgehead atoms. The summed E-state index contributed by atoms with van der Waals surface area (Å²) in [5.74, 6) is 0. The molecule has 0 heterocycles. The quantitative estimate of drug-likeness (QED) is 0.276. The molecule has 0 aliphatic heterocycles. The molecule has 0 N–H and O–H groups in total.